The van der Waals surface area contributed by atoms with Crippen LogP contribution >= 0.6 is 0 Å². The first-order valence-corrected chi connectivity index (χ1v) is 4.84. The van der Waals surface area contributed by atoms with Gasteiger partial charge in [0, 0.05) is 0 Å². The summed E-state index contributed by atoms with van der Waals surface area (Å²) in [7, 11) is 0. The number of aldehydes is 1. The molecule has 2 amide bonds. The van der Waals surface area contributed by atoms with Crippen LogP contribution in [0, 0.1) is 0 Å². The van der Waals surface area contributed by atoms with E-state index in [1.165, 1.54) is 13.8 Å². The zero-order valence-corrected chi connectivity index (χ0v) is 9.27. The van der Waals surface area contributed by atoms with E-state index in [4.69, 9.17) is 10.8 Å². The first-order valence-electron chi connectivity index (χ1n) is 4.84. The van der Waals surface area contributed by atoms with Crippen LogP contribution in [-0.2, 0) is 14.4 Å². The molecule has 0 bridgehead atoms. The van der Waals surface area contributed by atoms with Gasteiger partial charge < -0.3 is 26.3 Å². The Morgan fingerprint density at radius 3 is 2.31 bits per heavy atom. The zero-order valence-electron chi connectivity index (χ0n) is 9.27. The van der Waals surface area contributed by atoms with Crippen LogP contribution in [0.1, 0.15) is 13.8 Å². The van der Waals surface area contributed by atoms with Crippen molar-refractivity contribution in [3.63, 3.8) is 0 Å². The quantitative estimate of drug-likeness (QED) is 0.377. The van der Waals surface area contributed by atoms with E-state index in [1.54, 1.807) is 0 Å². The van der Waals surface area contributed by atoms with E-state index in [2.05, 4.69) is 10.6 Å². The zero-order chi connectivity index (χ0) is 12.7. The molecule has 5 N–H and O–H groups in total. The molecule has 0 aliphatic carbocycles. The fraction of sp³-hybridized carbons (Fsp3) is 0.667. The van der Waals surface area contributed by atoms with Gasteiger partial charge in [0.05, 0.1) is 12.6 Å². The van der Waals surface area contributed by atoms with Gasteiger partial charge in [0.2, 0.25) is 11.8 Å². The predicted molar refractivity (Wildman–Crippen MR) is 56.3 cm³/mol. The van der Waals surface area contributed by atoms with Crippen molar-refractivity contribution in [3.8, 4) is 0 Å². The molecule has 0 aliphatic heterocycles. The first kappa shape index (κ1) is 14.5. The molecule has 7 heteroatoms. The standard InChI is InChI=1S/C9H17N3O4/c1-5(3-13)11-8(15)6(2)12-9(16)7(10)4-14/h3,5-7,14H,4,10H2,1-2H3,(H,11,15)(H,12,16)/t5-,6-,7-/m0/s1. The van der Waals surface area contributed by atoms with E-state index in [9.17, 15) is 14.4 Å². The molecule has 0 saturated carbocycles. The molecule has 0 aromatic carbocycles. The van der Waals surface area contributed by atoms with Gasteiger partial charge in [-0.15, -0.1) is 0 Å². The van der Waals surface area contributed by atoms with Crippen molar-refractivity contribution < 1.29 is 19.5 Å². The molecule has 0 aromatic heterocycles. The largest absolute Gasteiger partial charge is 0.394 e. The fourth-order valence-electron chi connectivity index (χ4n) is 0.852. The summed E-state index contributed by atoms with van der Waals surface area (Å²) in [6.45, 7) is 2.47. The number of aliphatic hydroxyl groups excluding tert-OH is 1. The van der Waals surface area contributed by atoms with Gasteiger partial charge in [-0.3, -0.25) is 9.59 Å². The second kappa shape index (κ2) is 6.91. The smallest absolute Gasteiger partial charge is 0.242 e. The van der Waals surface area contributed by atoms with Crippen LogP contribution in [0.5, 0.6) is 0 Å². The van der Waals surface area contributed by atoms with Gasteiger partial charge in [-0.05, 0) is 13.8 Å². The van der Waals surface area contributed by atoms with Gasteiger partial charge >= 0.3 is 0 Å². The summed E-state index contributed by atoms with van der Waals surface area (Å²) < 4.78 is 0. The maximum absolute atomic E-state index is 11.4. The monoisotopic (exact) mass is 231 g/mol. The Bertz CT molecular complexity index is 269. The number of amides is 2. The Morgan fingerprint density at radius 1 is 1.31 bits per heavy atom. The maximum atomic E-state index is 11.4. The van der Waals surface area contributed by atoms with Gasteiger partial charge in [0.1, 0.15) is 18.4 Å². The highest BCUT2D eigenvalue weighted by atomic mass is 16.3. The van der Waals surface area contributed by atoms with Gasteiger partial charge in [-0.1, -0.05) is 0 Å². The molecule has 0 radical (unpaired) electrons. The van der Waals surface area contributed by atoms with Crippen molar-refractivity contribution >= 4 is 18.1 Å². The number of carbonyl (C=O) groups is 3. The minimum absolute atomic E-state index is 0.488. The van der Waals surface area contributed by atoms with Gasteiger partial charge in [0.15, 0.2) is 0 Å². The summed E-state index contributed by atoms with van der Waals surface area (Å²) in [5, 5.41) is 13.3. The summed E-state index contributed by atoms with van der Waals surface area (Å²) in [4.78, 5) is 32.9. The molecule has 0 rings (SSSR count). The molecule has 0 aromatic rings. The number of hydrogen-bond acceptors (Lipinski definition) is 5. The average molecular weight is 231 g/mol. The third kappa shape index (κ3) is 4.85. The van der Waals surface area contributed by atoms with Crippen LogP contribution in [0.2, 0.25) is 0 Å². The number of aliphatic hydroxyl groups is 1. The summed E-state index contributed by atoms with van der Waals surface area (Å²) in [5.41, 5.74) is 5.24. The summed E-state index contributed by atoms with van der Waals surface area (Å²) >= 11 is 0. The van der Waals surface area contributed by atoms with Crippen molar-refractivity contribution in [2.24, 2.45) is 5.73 Å². The van der Waals surface area contributed by atoms with Crippen molar-refractivity contribution in [2.45, 2.75) is 32.0 Å². The molecule has 3 atom stereocenters. The molecule has 0 heterocycles. The highest BCUT2D eigenvalue weighted by Crippen LogP contribution is 1.86. The third-order valence-corrected chi connectivity index (χ3v) is 1.86. The van der Waals surface area contributed by atoms with E-state index in [0.717, 1.165) is 0 Å². The highest BCUT2D eigenvalue weighted by Gasteiger charge is 2.20. The van der Waals surface area contributed by atoms with Gasteiger partial charge in [-0.2, -0.15) is 0 Å². The number of rotatable bonds is 6. The molecular formula is C9H17N3O4. The van der Waals surface area contributed by atoms with E-state index >= 15 is 0 Å². The number of nitrogens with two attached hydrogens (primary N) is 1. The van der Waals surface area contributed by atoms with Gasteiger partial charge in [0.25, 0.3) is 0 Å². The minimum atomic E-state index is -1.06. The van der Waals surface area contributed by atoms with Crippen molar-refractivity contribution in [1.82, 2.24) is 10.6 Å². The Kier molecular flexibility index (Phi) is 6.28. The Balaban J connectivity index is 4.15. The van der Waals surface area contributed by atoms with Crippen LogP contribution in [0.25, 0.3) is 0 Å². The van der Waals surface area contributed by atoms with E-state index in [-0.39, 0.29) is 0 Å². The molecule has 7 nitrogen and oxygen atoms in total. The lowest BCUT2D eigenvalue weighted by atomic mass is 10.2. The molecule has 0 spiro atoms. The van der Waals surface area contributed by atoms with Crippen LogP contribution < -0.4 is 16.4 Å². The number of nitrogens with one attached hydrogen (secondary N) is 2. The third-order valence-electron chi connectivity index (χ3n) is 1.86. The molecule has 0 aliphatic rings. The summed E-state index contributed by atoms with van der Waals surface area (Å²) in [5.74, 6) is -1.11. The predicted octanol–water partition coefficient (Wildman–Crippen LogP) is -2.49. The lowest BCUT2D eigenvalue weighted by Crippen LogP contribution is -2.52. The lowest BCUT2D eigenvalue weighted by Gasteiger charge is -2.17. The molecule has 16 heavy (non-hydrogen) atoms. The molecular weight excluding hydrogens is 214 g/mol. The van der Waals surface area contributed by atoms with E-state index in [1.807, 2.05) is 0 Å². The van der Waals surface area contributed by atoms with Crippen molar-refractivity contribution in [3.05, 3.63) is 0 Å². The van der Waals surface area contributed by atoms with Crippen molar-refractivity contribution in [2.75, 3.05) is 6.61 Å². The second-order valence-corrected chi connectivity index (χ2v) is 3.45. The second-order valence-electron chi connectivity index (χ2n) is 3.45. The fourth-order valence-corrected chi connectivity index (χ4v) is 0.852. The first-order chi connectivity index (χ1) is 7.42. The molecule has 92 valence electrons. The number of carbonyl (C=O) groups excluding carboxylic acids is 3. The summed E-state index contributed by atoms with van der Waals surface area (Å²) in [6, 6.07) is -2.48. The Morgan fingerprint density at radius 2 is 1.88 bits per heavy atom. The maximum Gasteiger partial charge on any atom is 0.242 e. The molecule has 0 saturated heterocycles. The topological polar surface area (TPSA) is 122 Å². The Labute approximate surface area is 93.4 Å². The highest BCUT2D eigenvalue weighted by molar-refractivity contribution is 5.90. The van der Waals surface area contributed by atoms with Crippen LogP contribution in [-0.4, -0.2) is 47.9 Å². The Hall–Kier alpha value is -1.47. The average Bonchev–Trinajstić information content (AvgIpc) is 2.27. The van der Waals surface area contributed by atoms with Crippen LogP contribution in [0.15, 0.2) is 0 Å². The summed E-state index contributed by atoms with van der Waals surface area (Å²) in [6.07, 6.45) is 0.575. The SMILES string of the molecule is C[C@H](NC(=O)[C@@H](N)CO)C(=O)N[C@@H](C)C=O. The lowest BCUT2D eigenvalue weighted by molar-refractivity contribution is -0.130. The number of hydrogen-bond donors (Lipinski definition) is 4. The molecule has 0 fully saturated rings. The van der Waals surface area contributed by atoms with Crippen LogP contribution in [0.3, 0.4) is 0 Å². The minimum Gasteiger partial charge on any atom is -0.394 e. The van der Waals surface area contributed by atoms with Crippen LogP contribution in [0.4, 0.5) is 0 Å². The van der Waals surface area contributed by atoms with Gasteiger partial charge in [-0.25, -0.2) is 0 Å². The van der Waals surface area contributed by atoms with Crippen molar-refractivity contribution in [1.29, 1.82) is 0 Å². The van der Waals surface area contributed by atoms with E-state index in [0.29, 0.717) is 6.29 Å². The molecule has 0 unspecified atom stereocenters. The normalized spacial score (nSPS) is 15.8. The van der Waals surface area contributed by atoms with E-state index < -0.39 is 36.5 Å².